The van der Waals surface area contributed by atoms with Crippen molar-refractivity contribution in [2.45, 2.75) is 9.79 Å². The van der Waals surface area contributed by atoms with Crippen LogP contribution in [0.5, 0.6) is 0 Å². The summed E-state index contributed by atoms with van der Waals surface area (Å²) in [4.78, 5) is 15.7. The van der Waals surface area contributed by atoms with Gasteiger partial charge in [0.25, 0.3) is 0 Å². The van der Waals surface area contributed by atoms with Crippen molar-refractivity contribution < 1.29 is 0 Å². The van der Waals surface area contributed by atoms with Gasteiger partial charge in [-0.1, -0.05) is 145 Å². The van der Waals surface area contributed by atoms with Crippen LogP contribution < -0.4 is 4.90 Å². The van der Waals surface area contributed by atoms with Gasteiger partial charge in [0.15, 0.2) is 0 Å². The second-order valence-electron chi connectivity index (χ2n) is 14.6. The molecule has 1 aliphatic heterocycles. The molecule has 0 saturated carbocycles. The zero-order chi connectivity index (χ0) is 37.5. The molecule has 0 atom stereocenters. The summed E-state index contributed by atoms with van der Waals surface area (Å²) in [6, 6.07) is 69.6. The van der Waals surface area contributed by atoms with Crippen molar-refractivity contribution in [1.82, 2.24) is 14.5 Å². The highest BCUT2D eigenvalue weighted by Gasteiger charge is 2.26. The third-order valence-corrected chi connectivity index (χ3v) is 12.5. The molecule has 11 aromatic rings. The van der Waals surface area contributed by atoms with Gasteiger partial charge >= 0.3 is 0 Å². The highest BCUT2D eigenvalue weighted by atomic mass is 32.2. The lowest BCUT2D eigenvalue weighted by molar-refractivity contribution is 1.02. The average Bonchev–Trinajstić information content (AvgIpc) is 3.62. The summed E-state index contributed by atoms with van der Waals surface area (Å²) in [5.74, 6) is 0.658. The average molecular weight is 745 g/mol. The Morgan fingerprint density at radius 3 is 1.91 bits per heavy atom. The summed E-state index contributed by atoms with van der Waals surface area (Å²) in [5.41, 5.74) is 11.0. The van der Waals surface area contributed by atoms with Crippen molar-refractivity contribution in [3.63, 3.8) is 0 Å². The summed E-state index contributed by atoms with van der Waals surface area (Å²) in [7, 11) is 0. The molecule has 0 N–H and O–H groups in total. The Hall–Kier alpha value is -7.21. The highest BCUT2D eigenvalue weighted by Crippen LogP contribution is 2.52. The molecule has 9 aromatic carbocycles. The molecule has 2 aromatic heterocycles. The van der Waals surface area contributed by atoms with E-state index < -0.39 is 0 Å². The minimum atomic E-state index is 0.658. The molecular weight excluding hydrogens is 713 g/mol. The van der Waals surface area contributed by atoms with Crippen molar-refractivity contribution in [2.75, 3.05) is 4.90 Å². The highest BCUT2D eigenvalue weighted by molar-refractivity contribution is 7.99. The van der Waals surface area contributed by atoms with Crippen LogP contribution in [0, 0.1) is 0 Å². The van der Waals surface area contributed by atoms with E-state index in [2.05, 4.69) is 204 Å². The van der Waals surface area contributed by atoms with E-state index in [9.17, 15) is 0 Å². The van der Waals surface area contributed by atoms with Crippen molar-refractivity contribution in [3.05, 3.63) is 194 Å². The molecule has 57 heavy (non-hydrogen) atoms. The second kappa shape index (κ2) is 12.7. The van der Waals surface area contributed by atoms with Crippen LogP contribution in [0.2, 0.25) is 0 Å². The predicted molar refractivity (Wildman–Crippen MR) is 239 cm³/mol. The molecule has 0 spiro atoms. The molecule has 12 rings (SSSR count). The van der Waals surface area contributed by atoms with Gasteiger partial charge < -0.3 is 4.90 Å². The normalized spacial score (nSPS) is 12.5. The number of para-hydroxylation sites is 2. The van der Waals surface area contributed by atoms with Crippen LogP contribution in [-0.4, -0.2) is 14.5 Å². The zero-order valence-electron chi connectivity index (χ0n) is 30.7. The van der Waals surface area contributed by atoms with Crippen molar-refractivity contribution in [1.29, 1.82) is 0 Å². The molecule has 266 valence electrons. The Kier molecular flexibility index (Phi) is 7.13. The summed E-state index contributed by atoms with van der Waals surface area (Å²) >= 11 is 1.84. The minimum Gasteiger partial charge on any atom is -0.308 e. The summed E-state index contributed by atoms with van der Waals surface area (Å²) in [5, 5.41) is 8.09. The maximum absolute atomic E-state index is 5.44. The van der Waals surface area contributed by atoms with Gasteiger partial charge in [0, 0.05) is 42.6 Å². The summed E-state index contributed by atoms with van der Waals surface area (Å²) in [6.07, 6.45) is 0. The molecule has 0 saturated heterocycles. The van der Waals surface area contributed by atoms with E-state index in [4.69, 9.17) is 9.97 Å². The van der Waals surface area contributed by atoms with Gasteiger partial charge in [-0.2, -0.15) is 0 Å². The molecule has 3 heterocycles. The van der Waals surface area contributed by atoms with Gasteiger partial charge in [-0.3, -0.25) is 4.57 Å². The first-order valence-electron chi connectivity index (χ1n) is 19.2. The second-order valence-corrected chi connectivity index (χ2v) is 15.7. The van der Waals surface area contributed by atoms with Gasteiger partial charge in [-0.15, -0.1) is 0 Å². The van der Waals surface area contributed by atoms with Crippen LogP contribution in [0.25, 0.3) is 82.6 Å². The Morgan fingerprint density at radius 1 is 0.404 bits per heavy atom. The van der Waals surface area contributed by atoms with Gasteiger partial charge in [0.05, 0.1) is 33.6 Å². The van der Waals surface area contributed by atoms with Gasteiger partial charge in [-0.25, -0.2) is 9.97 Å². The molecule has 1 aliphatic rings. The van der Waals surface area contributed by atoms with E-state index in [-0.39, 0.29) is 0 Å². The van der Waals surface area contributed by atoms with Crippen LogP contribution >= 0.6 is 11.8 Å². The molecule has 4 nitrogen and oxygen atoms in total. The fourth-order valence-electron chi connectivity index (χ4n) is 8.75. The number of hydrogen-bond donors (Lipinski definition) is 0. The zero-order valence-corrected chi connectivity index (χ0v) is 31.5. The maximum atomic E-state index is 5.44. The van der Waals surface area contributed by atoms with Crippen LogP contribution in [0.4, 0.5) is 17.1 Å². The van der Waals surface area contributed by atoms with Crippen LogP contribution in [0.15, 0.2) is 204 Å². The monoisotopic (exact) mass is 744 g/mol. The SMILES string of the molecule is c1ccc(-c2nc(-n3c4ccc(-c5ccc6c(c5)Sc5ccccc5N6c5ccccc5)cc4c4c5ccccc5ccc43)nc3c2ccc2ccccc23)cc1. The number of rotatable bonds is 4. The lowest BCUT2D eigenvalue weighted by Gasteiger charge is -2.33. The molecule has 0 fully saturated rings. The van der Waals surface area contributed by atoms with Gasteiger partial charge in [-0.05, 0) is 87.9 Å². The molecule has 0 aliphatic carbocycles. The van der Waals surface area contributed by atoms with Crippen LogP contribution in [0.1, 0.15) is 0 Å². The Bertz CT molecular complexity index is 3390. The van der Waals surface area contributed by atoms with E-state index in [1.54, 1.807) is 0 Å². The maximum Gasteiger partial charge on any atom is 0.235 e. The number of fused-ring (bicyclic) bond motifs is 10. The van der Waals surface area contributed by atoms with Crippen LogP contribution in [0.3, 0.4) is 0 Å². The van der Waals surface area contributed by atoms with Gasteiger partial charge in [0.1, 0.15) is 0 Å². The summed E-state index contributed by atoms with van der Waals surface area (Å²) in [6.45, 7) is 0. The van der Waals surface area contributed by atoms with Gasteiger partial charge in [0.2, 0.25) is 5.95 Å². The number of nitrogens with zero attached hydrogens (tertiary/aromatic N) is 4. The molecule has 5 heteroatoms. The number of aromatic nitrogens is 3. The lowest BCUT2D eigenvalue weighted by atomic mass is 9.99. The van der Waals surface area contributed by atoms with Crippen molar-refractivity contribution in [2.24, 2.45) is 0 Å². The molecule has 0 unspecified atom stereocenters. The third-order valence-electron chi connectivity index (χ3n) is 11.4. The predicted octanol–water partition coefficient (Wildman–Crippen LogP) is 14.3. The fourth-order valence-corrected chi connectivity index (χ4v) is 9.84. The van der Waals surface area contributed by atoms with E-state index in [1.165, 1.54) is 53.8 Å². The first kappa shape index (κ1) is 32.1. The Labute approximate surface area is 333 Å². The van der Waals surface area contributed by atoms with Crippen LogP contribution in [-0.2, 0) is 0 Å². The smallest absolute Gasteiger partial charge is 0.235 e. The number of hydrogen-bond acceptors (Lipinski definition) is 4. The largest absolute Gasteiger partial charge is 0.308 e. The molecular formula is C52H32N4S. The van der Waals surface area contributed by atoms with E-state index >= 15 is 0 Å². The van der Waals surface area contributed by atoms with Crippen molar-refractivity contribution in [3.8, 4) is 28.3 Å². The topological polar surface area (TPSA) is 34.0 Å². The first-order valence-corrected chi connectivity index (χ1v) is 20.1. The Morgan fingerprint density at radius 2 is 1.05 bits per heavy atom. The molecule has 0 amide bonds. The number of anilines is 3. The van der Waals surface area contributed by atoms with E-state index in [0.717, 1.165) is 49.7 Å². The fraction of sp³-hybridized carbons (Fsp3) is 0. The number of benzene rings is 9. The minimum absolute atomic E-state index is 0.658. The summed E-state index contributed by atoms with van der Waals surface area (Å²) < 4.78 is 2.27. The van der Waals surface area contributed by atoms with E-state index in [1.807, 2.05) is 11.8 Å². The Balaban J connectivity index is 1.10. The van der Waals surface area contributed by atoms with E-state index in [0.29, 0.717) is 5.95 Å². The molecule has 0 bridgehead atoms. The molecule has 0 radical (unpaired) electrons. The third kappa shape index (κ3) is 5.03. The standard InChI is InChI=1S/C52H32N4S/c1-3-15-35(16-4-1)50-41-27-23-34-14-8-10-20-40(34)51(41)54-52(53-50)56-43-28-25-36(31-42(43)49-39-19-9-7-13-33(39)24-30-46(49)56)37-26-29-45-48(32-37)57-47-22-12-11-21-44(47)55(45)38-17-5-2-6-18-38/h1-32H. The lowest BCUT2D eigenvalue weighted by Crippen LogP contribution is -2.14. The van der Waals surface area contributed by atoms with Crippen molar-refractivity contribution >= 4 is 83.1 Å². The first-order chi connectivity index (χ1) is 28.3. The quantitative estimate of drug-likeness (QED) is 0.168.